The van der Waals surface area contributed by atoms with Gasteiger partial charge in [-0.2, -0.15) is 0 Å². The number of esters is 2. The molecule has 0 aromatic heterocycles. The predicted octanol–water partition coefficient (Wildman–Crippen LogP) is 2.90. The highest BCUT2D eigenvalue weighted by Gasteiger charge is 1.88. The summed E-state index contributed by atoms with van der Waals surface area (Å²) in [5.41, 5.74) is 0. The molecule has 0 N–H and O–H groups in total. The first-order valence-corrected chi connectivity index (χ1v) is 6.57. The van der Waals surface area contributed by atoms with Crippen molar-refractivity contribution in [2.75, 3.05) is 13.2 Å². The van der Waals surface area contributed by atoms with Crippen molar-refractivity contribution >= 4 is 17.7 Å². The van der Waals surface area contributed by atoms with E-state index in [4.69, 9.17) is 0 Å². The van der Waals surface area contributed by atoms with E-state index in [1.165, 1.54) is 13.8 Å². The van der Waals surface area contributed by atoms with Crippen LogP contribution in [0.3, 0.4) is 0 Å². The number of ketones is 1. The monoisotopic (exact) mass is 276 g/mol. The fraction of sp³-hybridized carbons (Fsp3) is 0.786. The van der Waals surface area contributed by atoms with Crippen LogP contribution >= 0.6 is 0 Å². The molecule has 5 nitrogen and oxygen atoms in total. The number of hydrogen-bond donors (Lipinski definition) is 0. The molecule has 0 saturated heterocycles. The van der Waals surface area contributed by atoms with Crippen LogP contribution in [0, 0.1) is 0 Å². The zero-order valence-electron chi connectivity index (χ0n) is 13.1. The molecule has 0 amide bonds. The molecule has 0 saturated carbocycles. The van der Waals surface area contributed by atoms with Crippen molar-refractivity contribution in [1.82, 2.24) is 0 Å². The first-order valence-electron chi connectivity index (χ1n) is 6.57. The Kier molecular flexibility index (Phi) is 22.7. The van der Waals surface area contributed by atoms with Gasteiger partial charge in [0.05, 0.1) is 13.2 Å². The van der Waals surface area contributed by atoms with Gasteiger partial charge in [-0.05, 0) is 20.3 Å². The van der Waals surface area contributed by atoms with Crippen LogP contribution in [0.4, 0.5) is 0 Å². The highest BCUT2D eigenvalue weighted by Crippen LogP contribution is 1.86. The minimum Gasteiger partial charge on any atom is -0.466 e. The largest absolute Gasteiger partial charge is 0.466 e. The third kappa shape index (κ3) is 47.8. The van der Waals surface area contributed by atoms with Gasteiger partial charge in [0.15, 0.2) is 0 Å². The fourth-order valence-electron chi connectivity index (χ4n) is 0.563. The van der Waals surface area contributed by atoms with E-state index in [1.54, 1.807) is 13.8 Å². The molecule has 19 heavy (non-hydrogen) atoms. The van der Waals surface area contributed by atoms with Crippen molar-refractivity contribution in [3.63, 3.8) is 0 Å². The van der Waals surface area contributed by atoms with Gasteiger partial charge in [-0.1, -0.05) is 20.3 Å². The molecule has 0 radical (unpaired) electrons. The lowest BCUT2D eigenvalue weighted by Gasteiger charge is -1.96. The van der Waals surface area contributed by atoms with E-state index >= 15 is 0 Å². The zero-order valence-corrected chi connectivity index (χ0v) is 13.1. The molecule has 0 aliphatic carbocycles. The molecular weight excluding hydrogens is 248 g/mol. The minimum atomic E-state index is -0.211. The van der Waals surface area contributed by atoms with Crippen LogP contribution in [-0.4, -0.2) is 30.9 Å². The summed E-state index contributed by atoms with van der Waals surface area (Å²) in [5.74, 6) is -0.138. The summed E-state index contributed by atoms with van der Waals surface area (Å²) < 4.78 is 9.05. The van der Waals surface area contributed by atoms with Crippen LogP contribution in [0.25, 0.3) is 0 Å². The van der Waals surface area contributed by atoms with E-state index in [2.05, 4.69) is 16.4 Å². The standard InChI is InChI=1S/C6H12O2.C4H8O2.C4H8O/c1-3-4-5-8-6(2)7;1-3-6-4(2)5;1-3-4(2)5/h3-5H2,1-2H3;3H2,1-2H3;3H2,1-2H3. The van der Waals surface area contributed by atoms with Crippen molar-refractivity contribution in [2.45, 2.75) is 60.8 Å². The predicted molar refractivity (Wildman–Crippen MR) is 74.8 cm³/mol. The third-order valence-corrected chi connectivity index (χ3v) is 1.65. The summed E-state index contributed by atoms with van der Waals surface area (Å²) in [7, 11) is 0. The summed E-state index contributed by atoms with van der Waals surface area (Å²) in [4.78, 5) is 29.7. The molecule has 0 unspecified atom stereocenters. The molecule has 114 valence electrons. The van der Waals surface area contributed by atoms with Crippen LogP contribution in [0.15, 0.2) is 0 Å². The second kappa shape index (κ2) is 19.0. The van der Waals surface area contributed by atoms with Crippen LogP contribution in [0.2, 0.25) is 0 Å². The maximum Gasteiger partial charge on any atom is 0.302 e. The molecule has 0 aromatic carbocycles. The molecule has 0 aliphatic rings. The highest BCUT2D eigenvalue weighted by atomic mass is 16.5. The van der Waals surface area contributed by atoms with E-state index in [0.717, 1.165) is 12.8 Å². The van der Waals surface area contributed by atoms with E-state index in [-0.39, 0.29) is 17.7 Å². The Hall–Kier alpha value is -1.39. The molecule has 0 heterocycles. The molecule has 0 atom stereocenters. The normalized spacial score (nSPS) is 8.11. The van der Waals surface area contributed by atoms with E-state index in [1.807, 2.05) is 6.92 Å². The van der Waals surface area contributed by atoms with E-state index in [9.17, 15) is 14.4 Å². The Balaban J connectivity index is -0.000000209. The molecule has 0 aromatic rings. The summed E-state index contributed by atoms with van der Waals surface area (Å²) in [6, 6.07) is 0. The maximum atomic E-state index is 10.1. The smallest absolute Gasteiger partial charge is 0.302 e. The summed E-state index contributed by atoms with van der Waals surface area (Å²) >= 11 is 0. The zero-order chi connectivity index (χ0) is 15.7. The van der Waals surface area contributed by atoms with Gasteiger partial charge < -0.3 is 14.3 Å². The van der Waals surface area contributed by atoms with Crippen LogP contribution < -0.4 is 0 Å². The lowest BCUT2D eigenvalue weighted by molar-refractivity contribution is -0.141. The van der Waals surface area contributed by atoms with Gasteiger partial charge in [0.25, 0.3) is 0 Å². The summed E-state index contributed by atoms with van der Waals surface area (Å²) in [5, 5.41) is 0. The Morgan fingerprint density at radius 3 is 1.42 bits per heavy atom. The Labute approximate surface area is 116 Å². The molecule has 0 spiro atoms. The first-order chi connectivity index (χ1) is 8.81. The molecule has 0 fully saturated rings. The van der Waals surface area contributed by atoms with Gasteiger partial charge in [-0.15, -0.1) is 0 Å². The second-order valence-electron chi connectivity index (χ2n) is 3.67. The number of unbranched alkanes of at least 4 members (excludes halogenated alkanes) is 1. The number of carbonyl (C=O) groups is 3. The SMILES string of the molecule is CCC(C)=O.CCCCOC(C)=O.CCOC(C)=O. The highest BCUT2D eigenvalue weighted by molar-refractivity contribution is 5.74. The number of Topliss-reactive ketones (excluding diaryl/α,β-unsaturated/α-hetero) is 1. The van der Waals surface area contributed by atoms with Crippen molar-refractivity contribution < 1.29 is 23.9 Å². The van der Waals surface area contributed by atoms with Crippen molar-refractivity contribution in [2.24, 2.45) is 0 Å². The lowest BCUT2D eigenvalue weighted by atomic mass is 10.4. The van der Waals surface area contributed by atoms with E-state index in [0.29, 0.717) is 19.6 Å². The van der Waals surface area contributed by atoms with Gasteiger partial charge in [0.2, 0.25) is 0 Å². The Morgan fingerprint density at radius 2 is 1.26 bits per heavy atom. The van der Waals surface area contributed by atoms with Crippen molar-refractivity contribution in [3.05, 3.63) is 0 Å². The average Bonchev–Trinajstić information content (AvgIpc) is 2.30. The molecular formula is C14H28O5. The lowest BCUT2D eigenvalue weighted by Crippen LogP contribution is -1.99. The maximum absolute atomic E-state index is 10.1. The van der Waals surface area contributed by atoms with Gasteiger partial charge in [0.1, 0.15) is 5.78 Å². The number of rotatable bonds is 5. The number of ether oxygens (including phenoxy) is 2. The quantitative estimate of drug-likeness (QED) is 0.570. The number of hydrogen-bond acceptors (Lipinski definition) is 5. The second-order valence-corrected chi connectivity index (χ2v) is 3.67. The Bertz CT molecular complexity index is 236. The molecule has 5 heteroatoms. The minimum absolute atomic E-state index is 0.182. The van der Waals surface area contributed by atoms with Crippen LogP contribution in [0.5, 0.6) is 0 Å². The van der Waals surface area contributed by atoms with Crippen LogP contribution in [0.1, 0.15) is 60.8 Å². The van der Waals surface area contributed by atoms with Gasteiger partial charge >= 0.3 is 11.9 Å². The van der Waals surface area contributed by atoms with Gasteiger partial charge in [0, 0.05) is 20.3 Å². The summed E-state index contributed by atoms with van der Waals surface area (Å²) in [6.45, 7) is 11.1. The molecule has 0 aliphatic heterocycles. The summed E-state index contributed by atoms with van der Waals surface area (Å²) in [6.07, 6.45) is 2.72. The average molecular weight is 276 g/mol. The van der Waals surface area contributed by atoms with Crippen LogP contribution in [-0.2, 0) is 23.9 Å². The first kappa shape index (κ1) is 22.8. The Morgan fingerprint density at radius 1 is 0.842 bits per heavy atom. The van der Waals surface area contributed by atoms with E-state index < -0.39 is 0 Å². The topological polar surface area (TPSA) is 69.7 Å². The van der Waals surface area contributed by atoms with Crippen molar-refractivity contribution in [3.8, 4) is 0 Å². The van der Waals surface area contributed by atoms with Gasteiger partial charge in [-0.3, -0.25) is 9.59 Å². The molecule has 0 rings (SSSR count). The fourth-order valence-corrected chi connectivity index (χ4v) is 0.563. The van der Waals surface area contributed by atoms with Crippen molar-refractivity contribution in [1.29, 1.82) is 0 Å². The van der Waals surface area contributed by atoms with Gasteiger partial charge in [-0.25, -0.2) is 0 Å². The number of carbonyl (C=O) groups excluding carboxylic acids is 3. The third-order valence-electron chi connectivity index (χ3n) is 1.65. The molecule has 0 bridgehead atoms.